The molecule has 1 aliphatic heterocycles. The van der Waals surface area contributed by atoms with Crippen LogP contribution in [0.4, 0.5) is 0 Å². The molecule has 1 saturated heterocycles. The third-order valence-corrected chi connectivity index (χ3v) is 4.61. The maximum Gasteiger partial charge on any atom is 0.126 e. The molecule has 0 saturated carbocycles. The number of nitrogens with one attached hydrogen (secondary N) is 1. The molecule has 0 spiro atoms. The van der Waals surface area contributed by atoms with Gasteiger partial charge in [0, 0.05) is 29.9 Å². The number of rotatable bonds is 4. The van der Waals surface area contributed by atoms with Gasteiger partial charge in [-0.15, -0.1) is 0 Å². The van der Waals surface area contributed by atoms with Gasteiger partial charge in [0.2, 0.25) is 0 Å². The van der Waals surface area contributed by atoms with Gasteiger partial charge in [-0.3, -0.25) is 9.88 Å². The first kappa shape index (κ1) is 16.3. The smallest absolute Gasteiger partial charge is 0.126 e. The normalized spacial score (nSPS) is 18.4. The van der Waals surface area contributed by atoms with Crippen LogP contribution in [-0.2, 0) is 11.3 Å². The van der Waals surface area contributed by atoms with Crippen LogP contribution in [-0.4, -0.2) is 39.6 Å². The number of aromatic amines is 1. The van der Waals surface area contributed by atoms with E-state index in [0.717, 1.165) is 42.5 Å². The first-order valence-electron chi connectivity index (χ1n) is 8.32. The highest BCUT2D eigenvalue weighted by molar-refractivity contribution is 6.30. The van der Waals surface area contributed by atoms with E-state index in [1.807, 2.05) is 54.9 Å². The van der Waals surface area contributed by atoms with Crippen LogP contribution in [0.15, 0.2) is 54.9 Å². The lowest BCUT2D eigenvalue weighted by Gasteiger charge is -2.34. The summed E-state index contributed by atoms with van der Waals surface area (Å²) in [6.45, 7) is 2.98. The average Bonchev–Trinajstić information content (AvgIpc) is 3.13. The van der Waals surface area contributed by atoms with Gasteiger partial charge in [0.25, 0.3) is 0 Å². The zero-order chi connectivity index (χ0) is 17.1. The average molecular weight is 355 g/mol. The van der Waals surface area contributed by atoms with E-state index in [1.165, 1.54) is 0 Å². The molecular formula is C19H19ClN4O. The van der Waals surface area contributed by atoms with Crippen molar-refractivity contribution >= 4 is 11.6 Å². The minimum Gasteiger partial charge on any atom is -0.378 e. The molecule has 1 aromatic carbocycles. The summed E-state index contributed by atoms with van der Waals surface area (Å²) < 4.78 is 5.70. The lowest BCUT2D eigenvalue weighted by molar-refractivity contribution is -0.0161. The molecule has 4 rings (SSSR count). The number of imidazole rings is 1. The maximum atomic E-state index is 6.09. The fraction of sp³-hybridized carbons (Fsp3) is 0.263. The lowest BCUT2D eigenvalue weighted by atomic mass is 10.2. The minimum absolute atomic E-state index is 0.0868. The summed E-state index contributed by atoms with van der Waals surface area (Å²) in [7, 11) is 0. The Kier molecular flexibility index (Phi) is 4.78. The van der Waals surface area contributed by atoms with Gasteiger partial charge >= 0.3 is 0 Å². The van der Waals surface area contributed by atoms with Crippen molar-refractivity contribution in [3.8, 4) is 11.3 Å². The molecule has 1 N–H and O–H groups in total. The number of halogens is 1. The molecule has 0 radical (unpaired) electrons. The molecule has 3 heterocycles. The van der Waals surface area contributed by atoms with Crippen molar-refractivity contribution in [3.63, 3.8) is 0 Å². The molecule has 6 heteroatoms. The summed E-state index contributed by atoms with van der Waals surface area (Å²) in [4.78, 5) is 14.8. The van der Waals surface area contributed by atoms with Gasteiger partial charge in [-0.05, 0) is 24.3 Å². The molecule has 1 fully saturated rings. The van der Waals surface area contributed by atoms with Gasteiger partial charge in [-0.25, -0.2) is 4.98 Å². The Morgan fingerprint density at radius 3 is 3.00 bits per heavy atom. The second-order valence-corrected chi connectivity index (χ2v) is 6.51. The van der Waals surface area contributed by atoms with Crippen LogP contribution in [0.25, 0.3) is 11.3 Å². The van der Waals surface area contributed by atoms with E-state index in [-0.39, 0.29) is 6.04 Å². The van der Waals surface area contributed by atoms with E-state index in [1.54, 1.807) is 0 Å². The number of H-pyrrole nitrogens is 1. The van der Waals surface area contributed by atoms with Gasteiger partial charge in [0.05, 0.1) is 36.8 Å². The molecule has 1 unspecified atom stereocenters. The summed E-state index contributed by atoms with van der Waals surface area (Å²) >= 11 is 6.09. The van der Waals surface area contributed by atoms with Crippen LogP contribution in [0.1, 0.15) is 17.6 Å². The van der Waals surface area contributed by atoms with Crippen molar-refractivity contribution in [2.75, 3.05) is 19.8 Å². The zero-order valence-corrected chi connectivity index (χ0v) is 14.5. The predicted molar refractivity (Wildman–Crippen MR) is 97.2 cm³/mol. The van der Waals surface area contributed by atoms with Crippen molar-refractivity contribution in [1.82, 2.24) is 19.9 Å². The van der Waals surface area contributed by atoms with E-state index in [9.17, 15) is 0 Å². The highest BCUT2D eigenvalue weighted by Gasteiger charge is 2.27. The second kappa shape index (κ2) is 7.35. The van der Waals surface area contributed by atoms with E-state index in [4.69, 9.17) is 16.3 Å². The predicted octanol–water partition coefficient (Wildman–Crippen LogP) is 3.70. The fourth-order valence-electron chi connectivity index (χ4n) is 3.09. The molecule has 1 aliphatic rings. The number of morpholine rings is 1. The maximum absolute atomic E-state index is 6.09. The van der Waals surface area contributed by atoms with Crippen LogP contribution in [0.2, 0.25) is 5.02 Å². The Hall–Kier alpha value is -2.21. The molecule has 3 aromatic rings. The molecular weight excluding hydrogens is 336 g/mol. The minimum atomic E-state index is 0.0868. The number of pyridine rings is 1. The van der Waals surface area contributed by atoms with E-state index >= 15 is 0 Å². The molecule has 2 aromatic heterocycles. The van der Waals surface area contributed by atoms with E-state index in [0.29, 0.717) is 11.6 Å². The van der Waals surface area contributed by atoms with Gasteiger partial charge in [0.1, 0.15) is 5.82 Å². The summed E-state index contributed by atoms with van der Waals surface area (Å²) in [5, 5.41) is 0.714. The van der Waals surface area contributed by atoms with Crippen molar-refractivity contribution in [2.24, 2.45) is 0 Å². The van der Waals surface area contributed by atoms with Crippen molar-refractivity contribution < 1.29 is 4.74 Å². The largest absolute Gasteiger partial charge is 0.378 e. The highest BCUT2D eigenvalue weighted by atomic mass is 35.5. The van der Waals surface area contributed by atoms with Crippen LogP contribution in [0, 0.1) is 0 Å². The number of hydrogen-bond donors (Lipinski definition) is 1. The monoisotopic (exact) mass is 354 g/mol. The van der Waals surface area contributed by atoms with Crippen molar-refractivity contribution in [1.29, 1.82) is 0 Å². The molecule has 128 valence electrons. The van der Waals surface area contributed by atoms with Crippen LogP contribution >= 0.6 is 11.6 Å². The number of hydrogen-bond acceptors (Lipinski definition) is 4. The molecule has 0 aliphatic carbocycles. The number of ether oxygens (including phenoxy) is 1. The molecule has 0 amide bonds. The first-order valence-corrected chi connectivity index (χ1v) is 8.70. The highest BCUT2D eigenvalue weighted by Crippen LogP contribution is 2.27. The third-order valence-electron chi connectivity index (χ3n) is 4.38. The van der Waals surface area contributed by atoms with Crippen molar-refractivity contribution in [3.05, 3.63) is 71.4 Å². The molecule has 0 bridgehead atoms. The van der Waals surface area contributed by atoms with Gasteiger partial charge in [-0.1, -0.05) is 29.8 Å². The number of nitrogens with zero attached hydrogens (tertiary/aromatic N) is 3. The molecule has 5 nitrogen and oxygen atoms in total. The SMILES string of the molecule is Clc1cccc(-c2cnc(C3COCCN3Cc3ccccn3)[nH]2)c1. The summed E-state index contributed by atoms with van der Waals surface area (Å²) in [5.74, 6) is 0.908. The Morgan fingerprint density at radius 1 is 1.20 bits per heavy atom. The molecule has 25 heavy (non-hydrogen) atoms. The van der Waals surface area contributed by atoms with Crippen LogP contribution < -0.4 is 0 Å². The van der Waals surface area contributed by atoms with Crippen LogP contribution in [0.3, 0.4) is 0 Å². The van der Waals surface area contributed by atoms with E-state index in [2.05, 4.69) is 19.9 Å². The third kappa shape index (κ3) is 3.74. The Morgan fingerprint density at radius 2 is 2.16 bits per heavy atom. The molecule has 1 atom stereocenters. The fourth-order valence-corrected chi connectivity index (χ4v) is 3.28. The topological polar surface area (TPSA) is 54.0 Å². The lowest BCUT2D eigenvalue weighted by Crippen LogP contribution is -2.39. The summed E-state index contributed by atoms with van der Waals surface area (Å²) in [6.07, 6.45) is 3.68. The van der Waals surface area contributed by atoms with Gasteiger partial charge in [-0.2, -0.15) is 0 Å². The Balaban J connectivity index is 1.57. The number of benzene rings is 1. The summed E-state index contributed by atoms with van der Waals surface area (Å²) in [5.41, 5.74) is 3.04. The quantitative estimate of drug-likeness (QED) is 0.776. The standard InChI is InChI=1S/C19H19ClN4O/c20-15-5-3-4-14(10-15)17-11-22-19(23-17)18-13-25-9-8-24(18)12-16-6-1-2-7-21-16/h1-7,10-11,18H,8-9,12-13H2,(H,22,23). The number of aromatic nitrogens is 3. The summed E-state index contributed by atoms with van der Waals surface area (Å²) in [6, 6.07) is 13.8. The Labute approximate surface area is 151 Å². The van der Waals surface area contributed by atoms with Crippen molar-refractivity contribution in [2.45, 2.75) is 12.6 Å². The van der Waals surface area contributed by atoms with Crippen LogP contribution in [0.5, 0.6) is 0 Å². The second-order valence-electron chi connectivity index (χ2n) is 6.07. The zero-order valence-electron chi connectivity index (χ0n) is 13.7. The van der Waals surface area contributed by atoms with Gasteiger partial charge < -0.3 is 9.72 Å². The van der Waals surface area contributed by atoms with E-state index < -0.39 is 0 Å². The first-order chi connectivity index (χ1) is 12.3. The van der Waals surface area contributed by atoms with Gasteiger partial charge in [0.15, 0.2) is 0 Å². The Bertz CT molecular complexity index is 836.